The van der Waals surface area contributed by atoms with Gasteiger partial charge in [0.1, 0.15) is 5.69 Å². The van der Waals surface area contributed by atoms with Gasteiger partial charge in [0.15, 0.2) is 0 Å². The number of carbonyl (C=O) groups excluding carboxylic acids is 2. The van der Waals surface area contributed by atoms with E-state index in [1.54, 1.807) is 48.1 Å². The van der Waals surface area contributed by atoms with E-state index in [9.17, 15) is 22.8 Å². The van der Waals surface area contributed by atoms with Crippen molar-refractivity contribution in [3.05, 3.63) is 107 Å². The maximum Gasteiger partial charge on any atom is 0.416 e. The number of aryl methyl sites for hydroxylation is 1. The van der Waals surface area contributed by atoms with Crippen LogP contribution in [0, 0.1) is 0 Å². The lowest BCUT2D eigenvalue weighted by atomic mass is 9.98. The second-order valence-corrected chi connectivity index (χ2v) is 12.1. The Balaban J connectivity index is 1.04. The largest absolute Gasteiger partial charge is 0.416 e. The molecule has 2 fully saturated rings. The molecule has 2 aliphatic rings. The zero-order valence-electron chi connectivity index (χ0n) is 25.8. The summed E-state index contributed by atoms with van der Waals surface area (Å²) >= 11 is 0. The number of likely N-dealkylation sites (tertiary alicyclic amines) is 1. The maximum absolute atomic E-state index is 13.2. The first-order valence-electron chi connectivity index (χ1n) is 15.8. The molecule has 2 aliphatic heterocycles. The van der Waals surface area contributed by atoms with Crippen LogP contribution in [-0.2, 0) is 19.8 Å². The average Bonchev–Trinajstić information content (AvgIpc) is 3.74. The van der Waals surface area contributed by atoms with Gasteiger partial charge in [0.05, 0.1) is 11.3 Å². The van der Waals surface area contributed by atoms with Gasteiger partial charge in [-0.2, -0.15) is 13.2 Å². The number of hydrogen-bond acceptors (Lipinski definition) is 4. The molecular weight excluding hydrogens is 591 g/mol. The van der Waals surface area contributed by atoms with E-state index in [1.165, 1.54) is 56.6 Å². The topological polar surface area (TPSA) is 69.6 Å². The van der Waals surface area contributed by atoms with Crippen LogP contribution >= 0.6 is 0 Å². The molecule has 7 nitrogen and oxygen atoms in total. The van der Waals surface area contributed by atoms with Crippen LogP contribution in [0.25, 0.3) is 11.1 Å². The molecule has 1 aromatic heterocycles. The molecule has 2 saturated heterocycles. The summed E-state index contributed by atoms with van der Waals surface area (Å²) < 4.78 is 40.7. The fourth-order valence-electron chi connectivity index (χ4n) is 6.52. The summed E-state index contributed by atoms with van der Waals surface area (Å²) in [6, 6.07) is 22.1. The molecule has 3 aromatic carbocycles. The van der Waals surface area contributed by atoms with Gasteiger partial charge in [-0.15, -0.1) is 0 Å². The van der Waals surface area contributed by atoms with Gasteiger partial charge >= 0.3 is 6.18 Å². The Morgan fingerprint density at radius 3 is 2.20 bits per heavy atom. The summed E-state index contributed by atoms with van der Waals surface area (Å²) in [6.45, 7) is 4.97. The van der Waals surface area contributed by atoms with E-state index in [4.69, 9.17) is 0 Å². The minimum atomic E-state index is -4.44. The number of aromatic nitrogens is 1. The zero-order chi connectivity index (χ0) is 32.3. The number of piperidine rings is 1. The highest BCUT2D eigenvalue weighted by molar-refractivity contribution is 6.09. The molecule has 240 valence electrons. The van der Waals surface area contributed by atoms with E-state index in [1.807, 2.05) is 12.1 Å². The summed E-state index contributed by atoms with van der Waals surface area (Å²) in [7, 11) is 1.72. The molecule has 4 aromatic rings. The molecule has 2 amide bonds. The molecule has 46 heavy (non-hydrogen) atoms. The number of nitrogens with zero attached hydrogens (tertiary/aromatic N) is 3. The molecule has 0 spiro atoms. The van der Waals surface area contributed by atoms with Crippen molar-refractivity contribution < 1.29 is 22.8 Å². The van der Waals surface area contributed by atoms with E-state index < -0.39 is 17.6 Å². The fourth-order valence-corrected chi connectivity index (χ4v) is 6.52. The minimum absolute atomic E-state index is 0.277. The average molecular weight is 630 g/mol. The minimum Gasteiger partial charge on any atom is -0.371 e. The van der Waals surface area contributed by atoms with E-state index >= 15 is 0 Å². The lowest BCUT2D eigenvalue weighted by Gasteiger charge is -2.37. The fraction of sp³-hybridized carbons (Fsp3) is 0.333. The third-order valence-electron chi connectivity index (χ3n) is 9.07. The van der Waals surface area contributed by atoms with Crippen molar-refractivity contribution in [2.45, 2.75) is 44.4 Å². The summed E-state index contributed by atoms with van der Waals surface area (Å²) in [6.07, 6.45) is 2.25. The Morgan fingerprint density at radius 1 is 0.848 bits per heavy atom. The van der Waals surface area contributed by atoms with E-state index in [2.05, 4.69) is 32.6 Å². The Morgan fingerprint density at radius 2 is 1.52 bits per heavy atom. The number of halogens is 3. The number of rotatable bonds is 8. The number of alkyl halides is 3. The van der Waals surface area contributed by atoms with Crippen LogP contribution in [0.5, 0.6) is 0 Å². The Labute approximate surface area is 267 Å². The van der Waals surface area contributed by atoms with Gasteiger partial charge in [0.2, 0.25) is 0 Å². The van der Waals surface area contributed by atoms with Crippen molar-refractivity contribution in [1.82, 2.24) is 14.8 Å². The Bertz CT molecular complexity index is 1670. The predicted octanol–water partition coefficient (Wildman–Crippen LogP) is 6.96. The summed E-state index contributed by atoms with van der Waals surface area (Å²) in [5, 5.41) is 5.79. The van der Waals surface area contributed by atoms with E-state index in [0.29, 0.717) is 40.7 Å². The summed E-state index contributed by atoms with van der Waals surface area (Å²) in [5.41, 5.74) is 3.54. The zero-order valence-corrected chi connectivity index (χ0v) is 25.8. The third kappa shape index (κ3) is 7.12. The lowest BCUT2D eigenvalue weighted by molar-refractivity contribution is -0.137. The number of carbonyl (C=O) groups is 2. The van der Waals surface area contributed by atoms with Crippen molar-refractivity contribution in [2.24, 2.45) is 7.05 Å². The van der Waals surface area contributed by atoms with Gasteiger partial charge in [-0.05, 0) is 91.9 Å². The van der Waals surface area contributed by atoms with Crippen LogP contribution in [0.1, 0.15) is 57.7 Å². The number of amides is 2. The van der Waals surface area contributed by atoms with E-state index in [0.717, 1.165) is 30.8 Å². The Hall–Kier alpha value is -4.57. The van der Waals surface area contributed by atoms with Crippen molar-refractivity contribution in [3.63, 3.8) is 0 Å². The van der Waals surface area contributed by atoms with Crippen molar-refractivity contribution >= 4 is 23.2 Å². The first kappa shape index (κ1) is 31.4. The van der Waals surface area contributed by atoms with Crippen LogP contribution in [0.3, 0.4) is 0 Å². The second kappa shape index (κ2) is 13.4. The molecule has 3 heterocycles. The maximum atomic E-state index is 13.2. The second-order valence-electron chi connectivity index (χ2n) is 12.1. The number of nitrogens with one attached hydrogen (secondary N) is 2. The van der Waals surface area contributed by atoms with Gasteiger partial charge in [0.25, 0.3) is 11.8 Å². The van der Waals surface area contributed by atoms with Crippen LogP contribution < -0.4 is 15.5 Å². The van der Waals surface area contributed by atoms with Gasteiger partial charge in [-0.25, -0.2) is 0 Å². The SMILES string of the molecule is Cn1cc(NC(=O)c2ccccc2-c2ccc(C(F)(F)F)cc2)cc1C(=O)NCc1ccc(N2CCC(N3CCCC3)CC2)cc1. The normalized spacial score (nSPS) is 16.0. The predicted molar refractivity (Wildman–Crippen MR) is 174 cm³/mol. The number of benzene rings is 3. The first-order valence-corrected chi connectivity index (χ1v) is 15.8. The number of hydrogen-bond donors (Lipinski definition) is 2. The van der Waals surface area contributed by atoms with Crippen LogP contribution in [0.15, 0.2) is 85.1 Å². The molecular formula is C36H38F3N5O2. The van der Waals surface area contributed by atoms with E-state index in [-0.39, 0.29) is 5.91 Å². The van der Waals surface area contributed by atoms with Gasteiger partial charge < -0.3 is 25.0 Å². The van der Waals surface area contributed by atoms with Crippen LogP contribution in [0.4, 0.5) is 24.5 Å². The molecule has 2 N–H and O–H groups in total. The molecule has 0 saturated carbocycles. The molecule has 0 atom stereocenters. The molecule has 0 unspecified atom stereocenters. The number of anilines is 2. The van der Waals surface area contributed by atoms with Crippen molar-refractivity contribution in [2.75, 3.05) is 36.4 Å². The molecule has 0 aliphatic carbocycles. The molecule has 0 bridgehead atoms. The molecule has 6 rings (SSSR count). The van der Waals surface area contributed by atoms with Gasteiger partial charge in [-0.1, -0.05) is 42.5 Å². The first-order chi connectivity index (χ1) is 22.2. The lowest BCUT2D eigenvalue weighted by Crippen LogP contribution is -2.43. The van der Waals surface area contributed by atoms with Gasteiger partial charge in [0, 0.05) is 50.2 Å². The third-order valence-corrected chi connectivity index (χ3v) is 9.07. The van der Waals surface area contributed by atoms with Crippen LogP contribution in [-0.4, -0.2) is 53.5 Å². The smallest absolute Gasteiger partial charge is 0.371 e. The van der Waals surface area contributed by atoms with Crippen LogP contribution in [0.2, 0.25) is 0 Å². The van der Waals surface area contributed by atoms with Crippen molar-refractivity contribution in [1.29, 1.82) is 0 Å². The summed E-state index contributed by atoms with van der Waals surface area (Å²) in [5.74, 6) is -0.713. The summed E-state index contributed by atoms with van der Waals surface area (Å²) in [4.78, 5) is 31.4. The molecule has 0 radical (unpaired) electrons. The highest BCUT2D eigenvalue weighted by Gasteiger charge is 2.30. The standard InChI is InChI=1S/C36H38F3N5O2/c1-42-24-28(41-34(45)32-7-3-2-6-31(32)26-10-12-27(13-11-26)36(37,38)39)22-33(42)35(46)40-23-25-8-14-29(15-9-25)44-20-16-30(17-21-44)43-18-4-5-19-43/h2-3,6-15,22,24,30H,4-5,16-21,23H2,1H3,(H,40,46)(H,41,45). The highest BCUT2D eigenvalue weighted by Crippen LogP contribution is 2.32. The van der Waals surface area contributed by atoms with Crippen molar-refractivity contribution in [3.8, 4) is 11.1 Å². The molecule has 10 heteroatoms. The quantitative estimate of drug-likeness (QED) is 0.221. The highest BCUT2D eigenvalue weighted by atomic mass is 19.4. The van der Waals surface area contributed by atoms with Gasteiger partial charge in [-0.3, -0.25) is 9.59 Å². The Kier molecular flexibility index (Phi) is 9.17. The monoisotopic (exact) mass is 629 g/mol.